The Hall–Kier alpha value is -1.83. The van der Waals surface area contributed by atoms with E-state index in [1.807, 2.05) is 0 Å². The van der Waals surface area contributed by atoms with Gasteiger partial charge in [-0.1, -0.05) is 0 Å². The first kappa shape index (κ1) is 14.6. The molecule has 0 atom stereocenters. The normalized spacial score (nSPS) is 11.4. The summed E-state index contributed by atoms with van der Waals surface area (Å²) in [5.74, 6) is -1.99. The van der Waals surface area contributed by atoms with E-state index in [2.05, 4.69) is 20.9 Å². The van der Waals surface area contributed by atoms with Crippen molar-refractivity contribution in [2.24, 2.45) is 0 Å². The third-order valence-electron chi connectivity index (χ3n) is 2.29. The molecule has 1 aromatic carbocycles. The SMILES string of the molecule is Nc1ccc(Oc2ncc(Br)cc2C(F)(F)F)c(F)c1. The van der Waals surface area contributed by atoms with Gasteiger partial charge in [-0.15, -0.1) is 0 Å². The summed E-state index contributed by atoms with van der Waals surface area (Å²) in [6.45, 7) is 0. The maximum Gasteiger partial charge on any atom is 0.421 e. The van der Waals surface area contributed by atoms with Crippen molar-refractivity contribution in [3.8, 4) is 11.6 Å². The highest BCUT2D eigenvalue weighted by molar-refractivity contribution is 9.10. The third-order valence-corrected chi connectivity index (χ3v) is 2.72. The molecule has 20 heavy (non-hydrogen) atoms. The Labute approximate surface area is 119 Å². The highest BCUT2D eigenvalue weighted by Crippen LogP contribution is 2.38. The van der Waals surface area contributed by atoms with Crippen LogP contribution in [0.25, 0.3) is 0 Å². The summed E-state index contributed by atoms with van der Waals surface area (Å²) in [4.78, 5) is 3.52. The summed E-state index contributed by atoms with van der Waals surface area (Å²) in [5, 5.41) is 0. The number of hydrogen-bond donors (Lipinski definition) is 1. The molecule has 2 N–H and O–H groups in total. The lowest BCUT2D eigenvalue weighted by atomic mass is 10.2. The molecule has 0 saturated heterocycles. The van der Waals surface area contributed by atoms with E-state index in [0.717, 1.165) is 24.4 Å². The van der Waals surface area contributed by atoms with Crippen LogP contribution in [0.2, 0.25) is 0 Å². The maximum atomic E-state index is 13.5. The molecule has 1 heterocycles. The number of nitrogen functional groups attached to an aromatic ring is 1. The summed E-state index contributed by atoms with van der Waals surface area (Å²) >= 11 is 2.89. The molecule has 3 nitrogen and oxygen atoms in total. The predicted octanol–water partition coefficient (Wildman–Crippen LogP) is 4.38. The lowest BCUT2D eigenvalue weighted by molar-refractivity contribution is -0.138. The van der Waals surface area contributed by atoms with Gasteiger partial charge in [0, 0.05) is 22.4 Å². The van der Waals surface area contributed by atoms with Crippen molar-refractivity contribution in [2.45, 2.75) is 6.18 Å². The standard InChI is InChI=1S/C12H7BrF4N2O/c13-6-3-8(12(15,16)17)11(19-5-6)20-10-2-1-7(18)4-9(10)14/h1-5H,18H2. The molecule has 0 aliphatic heterocycles. The van der Waals surface area contributed by atoms with Gasteiger partial charge in [0.15, 0.2) is 11.6 Å². The Balaban J connectivity index is 2.43. The quantitative estimate of drug-likeness (QED) is 0.645. The van der Waals surface area contributed by atoms with Gasteiger partial charge in [0.05, 0.1) is 0 Å². The first-order valence-corrected chi connectivity index (χ1v) is 6.02. The fourth-order valence-electron chi connectivity index (χ4n) is 1.42. The minimum absolute atomic E-state index is 0.134. The van der Waals surface area contributed by atoms with Crippen LogP contribution in [0.1, 0.15) is 5.56 Å². The molecule has 0 amide bonds. The van der Waals surface area contributed by atoms with Gasteiger partial charge in [-0.05, 0) is 34.1 Å². The van der Waals surface area contributed by atoms with E-state index in [9.17, 15) is 17.6 Å². The first-order valence-electron chi connectivity index (χ1n) is 5.23. The Bertz CT molecular complexity index is 646. The van der Waals surface area contributed by atoms with Crippen LogP contribution in [-0.2, 0) is 6.18 Å². The molecule has 0 unspecified atom stereocenters. The molecule has 2 aromatic rings. The van der Waals surface area contributed by atoms with E-state index < -0.39 is 23.4 Å². The molecule has 2 rings (SSSR count). The summed E-state index contributed by atoms with van der Waals surface area (Å²) in [6.07, 6.45) is -3.55. The predicted molar refractivity (Wildman–Crippen MR) is 67.8 cm³/mol. The summed E-state index contributed by atoms with van der Waals surface area (Å²) in [5.41, 5.74) is 4.37. The monoisotopic (exact) mass is 350 g/mol. The lowest BCUT2D eigenvalue weighted by Gasteiger charge is -2.13. The summed E-state index contributed by atoms with van der Waals surface area (Å²) < 4.78 is 57.1. The largest absolute Gasteiger partial charge is 0.435 e. The van der Waals surface area contributed by atoms with Gasteiger partial charge in [0.1, 0.15) is 5.56 Å². The fraction of sp³-hybridized carbons (Fsp3) is 0.0833. The zero-order valence-corrected chi connectivity index (χ0v) is 11.3. The zero-order valence-electron chi connectivity index (χ0n) is 9.71. The average molecular weight is 351 g/mol. The van der Waals surface area contributed by atoms with Crippen LogP contribution in [0.3, 0.4) is 0 Å². The number of alkyl halides is 3. The van der Waals surface area contributed by atoms with Crippen molar-refractivity contribution in [3.63, 3.8) is 0 Å². The fourth-order valence-corrected chi connectivity index (χ4v) is 1.75. The Morgan fingerprint density at radius 2 is 1.90 bits per heavy atom. The van der Waals surface area contributed by atoms with Crippen LogP contribution in [-0.4, -0.2) is 4.98 Å². The molecular formula is C12H7BrF4N2O. The Morgan fingerprint density at radius 3 is 2.50 bits per heavy atom. The highest BCUT2D eigenvalue weighted by atomic mass is 79.9. The molecule has 0 saturated carbocycles. The Kier molecular flexibility index (Phi) is 3.85. The molecule has 1 aromatic heterocycles. The van der Waals surface area contributed by atoms with Crippen LogP contribution in [0.15, 0.2) is 34.9 Å². The van der Waals surface area contributed by atoms with E-state index in [4.69, 9.17) is 10.5 Å². The minimum atomic E-state index is -4.67. The van der Waals surface area contributed by atoms with Gasteiger partial charge in [-0.25, -0.2) is 9.37 Å². The van der Waals surface area contributed by atoms with Gasteiger partial charge in [0.2, 0.25) is 5.88 Å². The molecule has 0 aliphatic rings. The average Bonchev–Trinajstić information content (AvgIpc) is 2.33. The molecule has 106 valence electrons. The van der Waals surface area contributed by atoms with Gasteiger partial charge in [-0.3, -0.25) is 0 Å². The van der Waals surface area contributed by atoms with Crippen molar-refractivity contribution in [1.82, 2.24) is 4.98 Å². The zero-order chi connectivity index (χ0) is 14.9. The molecule has 8 heteroatoms. The van der Waals surface area contributed by atoms with Crippen LogP contribution >= 0.6 is 15.9 Å². The van der Waals surface area contributed by atoms with Gasteiger partial charge >= 0.3 is 6.18 Å². The number of nitrogens with two attached hydrogens (primary N) is 1. The number of benzene rings is 1. The van der Waals surface area contributed by atoms with Gasteiger partial charge in [0.25, 0.3) is 0 Å². The number of ether oxygens (including phenoxy) is 1. The topological polar surface area (TPSA) is 48.1 Å². The van der Waals surface area contributed by atoms with E-state index in [0.29, 0.717) is 0 Å². The van der Waals surface area contributed by atoms with Crippen LogP contribution < -0.4 is 10.5 Å². The molecule has 0 aliphatic carbocycles. The number of halogens is 5. The van der Waals surface area contributed by atoms with Crippen molar-refractivity contribution >= 4 is 21.6 Å². The van der Waals surface area contributed by atoms with E-state index in [1.54, 1.807) is 0 Å². The second-order valence-electron chi connectivity index (χ2n) is 3.80. The number of anilines is 1. The van der Waals surface area contributed by atoms with Crippen LogP contribution in [0.5, 0.6) is 11.6 Å². The van der Waals surface area contributed by atoms with E-state index in [-0.39, 0.29) is 15.9 Å². The summed E-state index contributed by atoms with van der Waals surface area (Å²) in [6, 6.07) is 4.19. The van der Waals surface area contributed by atoms with Gasteiger partial charge in [-0.2, -0.15) is 13.2 Å². The van der Waals surface area contributed by atoms with Gasteiger partial charge < -0.3 is 10.5 Å². The van der Waals surface area contributed by atoms with E-state index in [1.165, 1.54) is 6.07 Å². The van der Waals surface area contributed by atoms with Crippen molar-refractivity contribution < 1.29 is 22.3 Å². The minimum Gasteiger partial charge on any atom is -0.435 e. The number of hydrogen-bond acceptors (Lipinski definition) is 3. The van der Waals surface area contributed by atoms with Crippen molar-refractivity contribution in [3.05, 3.63) is 46.3 Å². The number of rotatable bonds is 2. The molecule has 0 bridgehead atoms. The molecule has 0 spiro atoms. The second-order valence-corrected chi connectivity index (χ2v) is 4.71. The van der Waals surface area contributed by atoms with Crippen molar-refractivity contribution in [1.29, 1.82) is 0 Å². The summed E-state index contributed by atoms with van der Waals surface area (Å²) in [7, 11) is 0. The van der Waals surface area contributed by atoms with Crippen LogP contribution in [0.4, 0.5) is 23.2 Å². The first-order chi connectivity index (χ1) is 9.27. The van der Waals surface area contributed by atoms with Crippen LogP contribution in [0, 0.1) is 5.82 Å². The molecule has 0 radical (unpaired) electrons. The smallest absolute Gasteiger partial charge is 0.421 e. The van der Waals surface area contributed by atoms with E-state index >= 15 is 0 Å². The number of nitrogens with zero attached hydrogens (tertiary/aromatic N) is 1. The number of pyridine rings is 1. The highest BCUT2D eigenvalue weighted by Gasteiger charge is 2.36. The third kappa shape index (κ3) is 3.19. The molecule has 0 fully saturated rings. The maximum absolute atomic E-state index is 13.5. The van der Waals surface area contributed by atoms with Crippen molar-refractivity contribution in [2.75, 3.05) is 5.73 Å². The molecular weight excluding hydrogens is 344 g/mol. The Morgan fingerprint density at radius 1 is 1.20 bits per heavy atom. The number of aromatic nitrogens is 1. The lowest BCUT2D eigenvalue weighted by Crippen LogP contribution is -2.08. The second kappa shape index (κ2) is 5.28.